The van der Waals surface area contributed by atoms with Gasteiger partial charge in [-0.15, -0.1) is 0 Å². The molecule has 0 saturated carbocycles. The predicted molar refractivity (Wildman–Crippen MR) is 81.2 cm³/mol. The number of anilines is 2. The molecule has 0 heterocycles. The fraction of sp³-hybridized carbons (Fsp3) is 0.133. The molecule has 0 saturated heterocycles. The number of carbonyl (C=O) groups excluding carboxylic acids is 1. The van der Waals surface area contributed by atoms with Crippen molar-refractivity contribution in [2.45, 2.75) is 6.92 Å². The first kappa shape index (κ1) is 14.2. The third-order valence-corrected chi connectivity index (χ3v) is 3.00. The molecule has 3 N–H and O–H groups in total. The number of aryl methyl sites for hydroxylation is 1. The highest BCUT2D eigenvalue weighted by Gasteiger charge is 2.04. The summed E-state index contributed by atoms with van der Waals surface area (Å²) < 4.78 is 5.38. The summed E-state index contributed by atoms with van der Waals surface area (Å²) in [5, 5.41) is 3.33. The van der Waals surface area contributed by atoms with Crippen molar-refractivity contribution in [3.8, 4) is 5.75 Å². The van der Waals surface area contributed by atoms with E-state index in [2.05, 4.69) is 5.32 Å². The molecule has 0 atom stereocenters. The summed E-state index contributed by atoms with van der Waals surface area (Å²) in [6, 6.07) is 12.2. The summed E-state index contributed by atoms with van der Waals surface area (Å²) >= 11 is 5.77. The van der Waals surface area contributed by atoms with Gasteiger partial charge in [-0.2, -0.15) is 0 Å². The zero-order valence-electron chi connectivity index (χ0n) is 11.0. The lowest BCUT2D eigenvalue weighted by atomic mass is 10.2. The average molecular weight is 291 g/mol. The predicted octanol–water partition coefficient (Wildman–Crippen LogP) is 3.25. The molecule has 0 fully saturated rings. The third-order valence-electron chi connectivity index (χ3n) is 2.75. The fourth-order valence-corrected chi connectivity index (χ4v) is 1.71. The van der Waals surface area contributed by atoms with Crippen LogP contribution in [-0.4, -0.2) is 12.5 Å². The van der Waals surface area contributed by atoms with Crippen molar-refractivity contribution in [1.29, 1.82) is 0 Å². The standard InChI is InChI=1S/C15H15ClN2O2/c1-10-2-7-13(8-14(10)17)20-9-15(19)18-12-5-3-11(16)4-6-12/h2-8H,9,17H2,1H3,(H,18,19). The minimum absolute atomic E-state index is 0.0782. The lowest BCUT2D eigenvalue weighted by Gasteiger charge is -2.09. The molecule has 20 heavy (non-hydrogen) atoms. The Kier molecular flexibility index (Phi) is 4.48. The molecule has 2 aromatic carbocycles. The first-order valence-corrected chi connectivity index (χ1v) is 6.47. The second-order valence-electron chi connectivity index (χ2n) is 4.36. The molecular formula is C15H15ClN2O2. The maximum Gasteiger partial charge on any atom is 0.262 e. The SMILES string of the molecule is Cc1ccc(OCC(=O)Nc2ccc(Cl)cc2)cc1N. The number of hydrogen-bond donors (Lipinski definition) is 2. The molecule has 0 aromatic heterocycles. The Morgan fingerprint density at radius 2 is 1.95 bits per heavy atom. The normalized spacial score (nSPS) is 10.1. The Labute approximate surface area is 122 Å². The molecule has 0 aliphatic rings. The van der Waals surface area contributed by atoms with E-state index in [1.807, 2.05) is 13.0 Å². The van der Waals surface area contributed by atoms with Crippen LogP contribution in [0, 0.1) is 6.92 Å². The van der Waals surface area contributed by atoms with Crippen molar-refractivity contribution < 1.29 is 9.53 Å². The van der Waals surface area contributed by atoms with Gasteiger partial charge in [0.15, 0.2) is 6.61 Å². The van der Waals surface area contributed by atoms with Gasteiger partial charge in [-0.3, -0.25) is 4.79 Å². The zero-order valence-corrected chi connectivity index (χ0v) is 11.8. The Hall–Kier alpha value is -2.20. The van der Waals surface area contributed by atoms with E-state index in [9.17, 15) is 4.79 Å². The molecular weight excluding hydrogens is 276 g/mol. The monoisotopic (exact) mass is 290 g/mol. The van der Waals surface area contributed by atoms with E-state index in [1.165, 1.54) is 0 Å². The van der Waals surface area contributed by atoms with E-state index in [0.29, 0.717) is 22.1 Å². The highest BCUT2D eigenvalue weighted by atomic mass is 35.5. The largest absolute Gasteiger partial charge is 0.484 e. The van der Waals surface area contributed by atoms with Gasteiger partial charge in [0, 0.05) is 22.5 Å². The van der Waals surface area contributed by atoms with Gasteiger partial charge in [-0.1, -0.05) is 17.7 Å². The fourth-order valence-electron chi connectivity index (χ4n) is 1.59. The van der Waals surface area contributed by atoms with Crippen molar-refractivity contribution in [3.63, 3.8) is 0 Å². The van der Waals surface area contributed by atoms with Gasteiger partial charge < -0.3 is 15.8 Å². The van der Waals surface area contributed by atoms with Crippen LogP contribution < -0.4 is 15.8 Å². The first-order valence-electron chi connectivity index (χ1n) is 6.09. The van der Waals surface area contributed by atoms with E-state index >= 15 is 0 Å². The number of rotatable bonds is 4. The lowest BCUT2D eigenvalue weighted by Crippen LogP contribution is -2.20. The molecule has 2 aromatic rings. The zero-order chi connectivity index (χ0) is 14.5. The molecule has 0 spiro atoms. The lowest BCUT2D eigenvalue weighted by molar-refractivity contribution is -0.118. The molecule has 0 aliphatic carbocycles. The number of nitrogens with one attached hydrogen (secondary N) is 1. The molecule has 2 rings (SSSR count). The van der Waals surface area contributed by atoms with Crippen LogP contribution in [0.5, 0.6) is 5.75 Å². The molecule has 0 aliphatic heterocycles. The minimum Gasteiger partial charge on any atom is -0.484 e. The summed E-state index contributed by atoms with van der Waals surface area (Å²) in [5.41, 5.74) is 8.06. The molecule has 4 nitrogen and oxygen atoms in total. The van der Waals surface area contributed by atoms with E-state index in [0.717, 1.165) is 5.56 Å². The third kappa shape index (κ3) is 3.90. The van der Waals surface area contributed by atoms with Gasteiger partial charge in [0.1, 0.15) is 5.75 Å². The van der Waals surface area contributed by atoms with Crippen LogP contribution in [-0.2, 0) is 4.79 Å². The van der Waals surface area contributed by atoms with Crippen LogP contribution in [0.1, 0.15) is 5.56 Å². The quantitative estimate of drug-likeness (QED) is 0.850. The number of ether oxygens (including phenoxy) is 1. The second kappa shape index (κ2) is 6.30. The summed E-state index contributed by atoms with van der Waals surface area (Å²) in [4.78, 5) is 11.7. The molecule has 5 heteroatoms. The van der Waals surface area contributed by atoms with Crippen LogP contribution in [0.4, 0.5) is 11.4 Å². The number of nitrogen functional groups attached to an aromatic ring is 1. The number of amides is 1. The summed E-state index contributed by atoms with van der Waals surface area (Å²) in [7, 11) is 0. The Morgan fingerprint density at radius 1 is 1.25 bits per heavy atom. The van der Waals surface area contributed by atoms with Gasteiger partial charge in [0.25, 0.3) is 5.91 Å². The van der Waals surface area contributed by atoms with Crippen molar-refractivity contribution in [3.05, 3.63) is 53.1 Å². The minimum atomic E-state index is -0.244. The molecule has 0 radical (unpaired) electrons. The molecule has 0 unspecified atom stereocenters. The Bertz CT molecular complexity index is 612. The van der Waals surface area contributed by atoms with Crippen LogP contribution >= 0.6 is 11.6 Å². The number of benzene rings is 2. The van der Waals surface area contributed by atoms with Crippen molar-refractivity contribution in [2.24, 2.45) is 0 Å². The second-order valence-corrected chi connectivity index (χ2v) is 4.80. The molecule has 0 bridgehead atoms. The maximum atomic E-state index is 11.7. The summed E-state index contributed by atoms with van der Waals surface area (Å²) in [5.74, 6) is 0.325. The van der Waals surface area contributed by atoms with E-state index in [4.69, 9.17) is 22.1 Å². The van der Waals surface area contributed by atoms with Crippen LogP contribution in [0.25, 0.3) is 0 Å². The summed E-state index contributed by atoms with van der Waals surface area (Å²) in [6.07, 6.45) is 0. The van der Waals surface area contributed by atoms with Gasteiger partial charge in [0.2, 0.25) is 0 Å². The van der Waals surface area contributed by atoms with Crippen molar-refractivity contribution in [2.75, 3.05) is 17.7 Å². The van der Waals surface area contributed by atoms with E-state index in [-0.39, 0.29) is 12.5 Å². The molecule has 104 valence electrons. The van der Waals surface area contributed by atoms with E-state index < -0.39 is 0 Å². The van der Waals surface area contributed by atoms with Crippen molar-refractivity contribution >= 4 is 28.9 Å². The number of nitrogens with two attached hydrogens (primary N) is 1. The number of hydrogen-bond acceptors (Lipinski definition) is 3. The number of halogens is 1. The highest BCUT2D eigenvalue weighted by Crippen LogP contribution is 2.19. The number of carbonyl (C=O) groups is 1. The highest BCUT2D eigenvalue weighted by molar-refractivity contribution is 6.30. The van der Waals surface area contributed by atoms with Crippen LogP contribution in [0.15, 0.2) is 42.5 Å². The summed E-state index contributed by atoms with van der Waals surface area (Å²) in [6.45, 7) is 1.83. The van der Waals surface area contributed by atoms with E-state index in [1.54, 1.807) is 36.4 Å². The van der Waals surface area contributed by atoms with Crippen LogP contribution in [0.3, 0.4) is 0 Å². The van der Waals surface area contributed by atoms with Gasteiger partial charge in [0.05, 0.1) is 0 Å². The van der Waals surface area contributed by atoms with Crippen LogP contribution in [0.2, 0.25) is 5.02 Å². The topological polar surface area (TPSA) is 64.3 Å². The van der Waals surface area contributed by atoms with Crippen molar-refractivity contribution in [1.82, 2.24) is 0 Å². The Morgan fingerprint density at radius 3 is 2.60 bits per heavy atom. The van der Waals surface area contributed by atoms with Gasteiger partial charge >= 0.3 is 0 Å². The Balaban J connectivity index is 1.88. The van der Waals surface area contributed by atoms with Gasteiger partial charge in [-0.05, 0) is 42.8 Å². The molecule has 1 amide bonds. The smallest absolute Gasteiger partial charge is 0.262 e. The maximum absolute atomic E-state index is 11.7. The first-order chi connectivity index (χ1) is 9.54. The van der Waals surface area contributed by atoms with Gasteiger partial charge in [-0.25, -0.2) is 0 Å². The average Bonchev–Trinajstić information content (AvgIpc) is 2.43.